The Kier molecular flexibility index (Phi) is 7.62. The molecule has 0 fully saturated rings. The first kappa shape index (κ1) is 20.6. The fraction of sp³-hybridized carbons (Fsp3) is 0.333. The molecular formula is C21H23ClN2O3S. The van der Waals surface area contributed by atoms with E-state index in [0.29, 0.717) is 24.3 Å². The molecule has 0 bridgehead atoms. The summed E-state index contributed by atoms with van der Waals surface area (Å²) in [7, 11) is 0. The molecule has 0 aliphatic heterocycles. The van der Waals surface area contributed by atoms with E-state index in [2.05, 4.69) is 17.1 Å². The monoisotopic (exact) mass is 418 g/mol. The molecule has 5 nitrogen and oxygen atoms in total. The summed E-state index contributed by atoms with van der Waals surface area (Å²) in [6.45, 7) is 2.70. The Balaban J connectivity index is 1.74. The molecule has 0 aliphatic rings. The minimum absolute atomic E-state index is 0.211. The second-order valence-electron chi connectivity index (χ2n) is 6.11. The lowest BCUT2D eigenvalue weighted by atomic mass is 10.1. The van der Waals surface area contributed by atoms with Gasteiger partial charge in [0.15, 0.2) is 0 Å². The number of para-hydroxylation sites is 1. The second-order valence-corrected chi connectivity index (χ2v) is 7.87. The molecule has 1 heterocycles. The highest BCUT2D eigenvalue weighted by Gasteiger charge is 2.23. The van der Waals surface area contributed by atoms with Crippen LogP contribution in [0.3, 0.4) is 0 Å². The van der Waals surface area contributed by atoms with Crippen molar-refractivity contribution < 1.29 is 14.3 Å². The van der Waals surface area contributed by atoms with Gasteiger partial charge in [-0.2, -0.15) is 0 Å². The Labute approximate surface area is 174 Å². The number of nitrogens with zero attached hydrogens (tertiary/aromatic N) is 2. The van der Waals surface area contributed by atoms with Crippen LogP contribution in [0.1, 0.15) is 36.5 Å². The van der Waals surface area contributed by atoms with Crippen molar-refractivity contribution in [2.75, 3.05) is 18.2 Å². The number of halogens is 1. The number of benzene rings is 2. The van der Waals surface area contributed by atoms with E-state index >= 15 is 0 Å². The lowest BCUT2D eigenvalue weighted by molar-refractivity contribution is 0.309. The van der Waals surface area contributed by atoms with Crippen molar-refractivity contribution in [1.82, 2.24) is 10.2 Å². The average molecular weight is 419 g/mol. The van der Waals surface area contributed by atoms with Crippen LogP contribution < -0.4 is 4.74 Å². The Hall–Kier alpha value is -2.18. The first-order valence-electron chi connectivity index (χ1n) is 9.25. The lowest BCUT2D eigenvalue weighted by Gasteiger charge is -2.13. The molecule has 1 N–H and O–H groups in total. The van der Waals surface area contributed by atoms with E-state index in [4.69, 9.17) is 20.8 Å². The number of phenols is 1. The summed E-state index contributed by atoms with van der Waals surface area (Å²) < 4.78 is 11.6. The molecule has 1 aromatic heterocycles. The molecule has 28 heavy (non-hydrogen) atoms. The highest BCUT2D eigenvalue weighted by Crippen LogP contribution is 2.39. The van der Waals surface area contributed by atoms with Crippen LogP contribution in [0.5, 0.6) is 11.5 Å². The van der Waals surface area contributed by atoms with Gasteiger partial charge >= 0.3 is 0 Å². The van der Waals surface area contributed by atoms with Crippen LogP contribution in [0, 0.1) is 0 Å². The topological polar surface area (TPSA) is 68.4 Å². The van der Waals surface area contributed by atoms with Gasteiger partial charge in [0.2, 0.25) is 11.8 Å². The molecule has 1 unspecified atom stereocenters. The van der Waals surface area contributed by atoms with Crippen molar-refractivity contribution in [1.29, 1.82) is 0 Å². The van der Waals surface area contributed by atoms with Crippen molar-refractivity contribution in [2.45, 2.75) is 25.0 Å². The Morgan fingerprint density at radius 3 is 2.61 bits per heavy atom. The van der Waals surface area contributed by atoms with E-state index in [1.807, 2.05) is 36.4 Å². The Morgan fingerprint density at radius 1 is 1.11 bits per heavy atom. The van der Waals surface area contributed by atoms with Gasteiger partial charge in [-0.1, -0.05) is 25.1 Å². The van der Waals surface area contributed by atoms with E-state index < -0.39 is 0 Å². The fourth-order valence-corrected chi connectivity index (χ4v) is 3.85. The number of rotatable bonds is 10. The number of phenolic OH excluding ortho intramolecular Hbond substituents is 1. The van der Waals surface area contributed by atoms with E-state index in [9.17, 15) is 5.11 Å². The number of alkyl halides is 1. The highest BCUT2D eigenvalue weighted by molar-refractivity contribution is 7.99. The number of hydrogen-bond acceptors (Lipinski definition) is 6. The SMILES string of the molecule is CCSC(c1nnc(-c2ccc(OCCCCCl)cc2)o1)c1ccccc1O. The maximum Gasteiger partial charge on any atom is 0.247 e. The van der Waals surface area contributed by atoms with Crippen LogP contribution in [0.4, 0.5) is 0 Å². The third-order valence-electron chi connectivity index (χ3n) is 4.12. The third-order valence-corrected chi connectivity index (χ3v) is 5.50. The average Bonchev–Trinajstić information content (AvgIpc) is 3.20. The van der Waals surface area contributed by atoms with Crippen molar-refractivity contribution in [3.05, 3.63) is 60.0 Å². The molecule has 0 saturated carbocycles. The summed E-state index contributed by atoms with van der Waals surface area (Å²) in [5, 5.41) is 18.4. The van der Waals surface area contributed by atoms with Gasteiger partial charge in [0.05, 0.1) is 6.61 Å². The van der Waals surface area contributed by atoms with Crippen LogP contribution in [0.25, 0.3) is 11.5 Å². The molecule has 1 atom stereocenters. The summed E-state index contributed by atoms with van der Waals surface area (Å²) in [4.78, 5) is 0. The largest absolute Gasteiger partial charge is 0.508 e. The maximum atomic E-state index is 10.2. The van der Waals surface area contributed by atoms with E-state index in [0.717, 1.165) is 35.5 Å². The van der Waals surface area contributed by atoms with Crippen molar-refractivity contribution in [3.8, 4) is 23.0 Å². The molecule has 2 aromatic carbocycles. The van der Waals surface area contributed by atoms with Crippen molar-refractivity contribution in [2.24, 2.45) is 0 Å². The zero-order chi connectivity index (χ0) is 19.8. The zero-order valence-corrected chi connectivity index (χ0v) is 17.2. The Morgan fingerprint density at radius 2 is 1.89 bits per heavy atom. The molecule has 7 heteroatoms. The zero-order valence-electron chi connectivity index (χ0n) is 15.7. The molecule has 0 amide bonds. The van der Waals surface area contributed by atoms with Gasteiger partial charge in [-0.05, 0) is 48.9 Å². The first-order valence-corrected chi connectivity index (χ1v) is 10.8. The highest BCUT2D eigenvalue weighted by atomic mass is 35.5. The van der Waals surface area contributed by atoms with Gasteiger partial charge in [-0.3, -0.25) is 0 Å². The predicted octanol–water partition coefficient (Wildman–Crippen LogP) is 5.68. The van der Waals surface area contributed by atoms with Gasteiger partial charge in [0.25, 0.3) is 0 Å². The van der Waals surface area contributed by atoms with Gasteiger partial charge in [-0.25, -0.2) is 0 Å². The van der Waals surface area contributed by atoms with Crippen LogP contribution in [-0.4, -0.2) is 33.5 Å². The molecule has 0 radical (unpaired) electrons. The molecule has 0 saturated heterocycles. The maximum absolute atomic E-state index is 10.2. The molecule has 3 rings (SSSR count). The predicted molar refractivity (Wildman–Crippen MR) is 113 cm³/mol. The van der Waals surface area contributed by atoms with E-state index in [-0.39, 0.29) is 11.0 Å². The quantitative estimate of drug-likeness (QED) is 0.337. The minimum atomic E-state index is -0.211. The molecule has 0 aliphatic carbocycles. The summed E-state index contributed by atoms with van der Waals surface area (Å²) in [5.41, 5.74) is 1.59. The summed E-state index contributed by atoms with van der Waals surface area (Å²) in [6, 6.07) is 14.8. The van der Waals surface area contributed by atoms with Crippen molar-refractivity contribution in [3.63, 3.8) is 0 Å². The van der Waals surface area contributed by atoms with Gasteiger partial charge in [0.1, 0.15) is 16.7 Å². The molecular weight excluding hydrogens is 396 g/mol. The Bertz CT molecular complexity index is 870. The second kappa shape index (κ2) is 10.4. The summed E-state index contributed by atoms with van der Waals surface area (Å²) in [6.07, 6.45) is 1.87. The van der Waals surface area contributed by atoms with E-state index in [1.54, 1.807) is 23.9 Å². The molecule has 3 aromatic rings. The number of hydrogen-bond donors (Lipinski definition) is 1. The van der Waals surface area contributed by atoms with Gasteiger partial charge < -0.3 is 14.3 Å². The third kappa shape index (κ3) is 5.20. The molecule has 0 spiro atoms. The standard InChI is InChI=1S/C21H23ClN2O3S/c1-2-28-19(17-7-3-4-8-18(17)25)21-24-23-20(27-21)15-9-11-16(12-10-15)26-14-6-5-13-22/h3-4,7-12,19,25H,2,5-6,13-14H2,1H3. The van der Waals surface area contributed by atoms with Crippen molar-refractivity contribution >= 4 is 23.4 Å². The van der Waals surface area contributed by atoms with Crippen LogP contribution in [-0.2, 0) is 0 Å². The number of aromatic nitrogens is 2. The summed E-state index contributed by atoms with van der Waals surface area (Å²) in [5.74, 6) is 3.45. The minimum Gasteiger partial charge on any atom is -0.508 e. The van der Waals surface area contributed by atoms with Gasteiger partial charge in [-0.15, -0.1) is 33.6 Å². The first-order chi connectivity index (χ1) is 13.7. The van der Waals surface area contributed by atoms with Crippen LogP contribution in [0.2, 0.25) is 0 Å². The summed E-state index contributed by atoms with van der Waals surface area (Å²) >= 11 is 7.30. The number of ether oxygens (including phenoxy) is 1. The number of unbranched alkanes of at least 4 members (excludes halogenated alkanes) is 1. The fourth-order valence-electron chi connectivity index (χ4n) is 2.71. The van der Waals surface area contributed by atoms with Gasteiger partial charge in [0, 0.05) is 17.0 Å². The lowest BCUT2D eigenvalue weighted by Crippen LogP contribution is -1.98. The smallest absolute Gasteiger partial charge is 0.247 e. The van der Waals surface area contributed by atoms with Crippen LogP contribution >= 0.6 is 23.4 Å². The number of aromatic hydroxyl groups is 1. The van der Waals surface area contributed by atoms with Crippen LogP contribution in [0.15, 0.2) is 52.9 Å². The normalized spacial score (nSPS) is 12.1. The van der Waals surface area contributed by atoms with E-state index in [1.165, 1.54) is 0 Å². The number of thioether (sulfide) groups is 1. The molecule has 148 valence electrons.